The summed E-state index contributed by atoms with van der Waals surface area (Å²) in [4.78, 5) is 3.98. The van der Waals surface area contributed by atoms with Crippen molar-refractivity contribution in [2.75, 3.05) is 0 Å². The number of aromatic nitrogens is 1. The first kappa shape index (κ1) is 6.59. The van der Waals surface area contributed by atoms with Crippen LogP contribution in [-0.4, -0.2) is 4.98 Å². The van der Waals surface area contributed by atoms with E-state index in [0.717, 1.165) is 11.8 Å². The van der Waals surface area contributed by atoms with Crippen molar-refractivity contribution in [3.05, 3.63) is 42.7 Å². The summed E-state index contributed by atoms with van der Waals surface area (Å²) in [5.74, 6) is 1.45. The van der Waals surface area contributed by atoms with Gasteiger partial charge in [-0.1, -0.05) is 6.08 Å². The van der Waals surface area contributed by atoms with E-state index < -0.39 is 0 Å². The van der Waals surface area contributed by atoms with Crippen LogP contribution in [0.4, 0.5) is 0 Å². The normalized spacial score (nSPS) is 28.0. The Bertz CT molecular complexity index is 253. The molecule has 1 aromatic rings. The van der Waals surface area contributed by atoms with Crippen LogP contribution in [0.25, 0.3) is 0 Å². The van der Waals surface area contributed by atoms with Crippen LogP contribution in [0.1, 0.15) is 17.9 Å². The molecular formula is C10H11N. The number of hydrogen-bond donors (Lipinski definition) is 0. The summed E-state index contributed by atoms with van der Waals surface area (Å²) >= 11 is 0. The molecule has 0 radical (unpaired) electrons. The molecule has 1 heterocycles. The fourth-order valence-corrected chi connectivity index (χ4v) is 1.47. The molecule has 1 aliphatic carbocycles. The lowest BCUT2D eigenvalue weighted by Crippen LogP contribution is -1.80. The average molecular weight is 145 g/mol. The molecule has 56 valence electrons. The first-order valence-electron chi connectivity index (χ1n) is 3.94. The molecule has 0 N–H and O–H groups in total. The van der Waals surface area contributed by atoms with E-state index in [9.17, 15) is 0 Å². The summed E-state index contributed by atoms with van der Waals surface area (Å²) in [5, 5.41) is 0. The van der Waals surface area contributed by atoms with Gasteiger partial charge >= 0.3 is 0 Å². The van der Waals surface area contributed by atoms with Crippen LogP contribution < -0.4 is 0 Å². The van der Waals surface area contributed by atoms with Crippen LogP contribution in [0, 0.1) is 5.92 Å². The van der Waals surface area contributed by atoms with Crippen molar-refractivity contribution in [2.24, 2.45) is 5.92 Å². The second-order valence-corrected chi connectivity index (χ2v) is 3.02. The molecule has 1 aromatic heterocycles. The molecule has 0 bridgehead atoms. The molecule has 2 atom stereocenters. The van der Waals surface area contributed by atoms with Gasteiger partial charge in [-0.25, -0.2) is 0 Å². The number of pyridine rings is 1. The number of nitrogens with zero attached hydrogens (tertiary/aromatic N) is 1. The minimum Gasteiger partial charge on any atom is -0.265 e. The van der Waals surface area contributed by atoms with Crippen LogP contribution in [0.15, 0.2) is 37.2 Å². The van der Waals surface area contributed by atoms with Gasteiger partial charge in [0.05, 0.1) is 0 Å². The highest BCUT2D eigenvalue weighted by molar-refractivity contribution is 5.25. The second-order valence-electron chi connectivity index (χ2n) is 3.02. The Morgan fingerprint density at radius 1 is 1.45 bits per heavy atom. The predicted octanol–water partition coefficient (Wildman–Crippen LogP) is 2.37. The van der Waals surface area contributed by atoms with Crippen molar-refractivity contribution in [2.45, 2.75) is 12.3 Å². The third kappa shape index (κ3) is 1.18. The van der Waals surface area contributed by atoms with E-state index in [1.165, 1.54) is 12.0 Å². The zero-order chi connectivity index (χ0) is 7.68. The molecule has 11 heavy (non-hydrogen) atoms. The van der Waals surface area contributed by atoms with Gasteiger partial charge in [0.15, 0.2) is 0 Å². The SMILES string of the molecule is C=CC1CC1c1ccncc1. The topological polar surface area (TPSA) is 12.9 Å². The fraction of sp³-hybridized carbons (Fsp3) is 0.300. The van der Waals surface area contributed by atoms with E-state index in [1.54, 1.807) is 0 Å². The molecule has 0 spiro atoms. The molecule has 2 rings (SSSR count). The largest absolute Gasteiger partial charge is 0.265 e. The Kier molecular flexibility index (Phi) is 1.50. The highest BCUT2D eigenvalue weighted by Crippen LogP contribution is 2.47. The first-order valence-corrected chi connectivity index (χ1v) is 3.94. The van der Waals surface area contributed by atoms with Crippen molar-refractivity contribution in [1.29, 1.82) is 0 Å². The lowest BCUT2D eigenvalue weighted by molar-refractivity contribution is 1.01. The Balaban J connectivity index is 2.14. The number of rotatable bonds is 2. The van der Waals surface area contributed by atoms with Crippen LogP contribution in [0.5, 0.6) is 0 Å². The van der Waals surface area contributed by atoms with Crippen molar-refractivity contribution in [1.82, 2.24) is 4.98 Å². The van der Waals surface area contributed by atoms with Crippen molar-refractivity contribution < 1.29 is 0 Å². The Hall–Kier alpha value is -1.11. The number of hydrogen-bond acceptors (Lipinski definition) is 1. The minimum absolute atomic E-state index is 0.720. The summed E-state index contributed by atoms with van der Waals surface area (Å²) in [6, 6.07) is 4.18. The predicted molar refractivity (Wildman–Crippen MR) is 45.3 cm³/mol. The van der Waals surface area contributed by atoms with Crippen molar-refractivity contribution in [3.8, 4) is 0 Å². The van der Waals surface area contributed by atoms with Gasteiger partial charge in [0, 0.05) is 12.4 Å². The van der Waals surface area contributed by atoms with Gasteiger partial charge in [-0.15, -0.1) is 6.58 Å². The third-order valence-electron chi connectivity index (χ3n) is 2.28. The van der Waals surface area contributed by atoms with E-state index in [2.05, 4.69) is 23.7 Å². The maximum atomic E-state index is 3.98. The smallest absolute Gasteiger partial charge is 0.0270 e. The zero-order valence-electron chi connectivity index (χ0n) is 6.40. The highest BCUT2D eigenvalue weighted by Gasteiger charge is 2.35. The summed E-state index contributed by atoms with van der Waals surface area (Å²) < 4.78 is 0. The highest BCUT2D eigenvalue weighted by atomic mass is 14.6. The van der Waals surface area contributed by atoms with Crippen molar-refractivity contribution in [3.63, 3.8) is 0 Å². The number of allylic oxidation sites excluding steroid dienone is 1. The minimum atomic E-state index is 0.720. The second kappa shape index (κ2) is 2.50. The summed E-state index contributed by atoms with van der Waals surface area (Å²) in [6.07, 6.45) is 7.03. The standard InChI is InChI=1S/C10H11N/c1-2-8-7-10(8)9-3-5-11-6-4-9/h2-6,8,10H,1,7H2. The molecular weight excluding hydrogens is 134 g/mol. The van der Waals surface area contributed by atoms with E-state index in [4.69, 9.17) is 0 Å². The lowest BCUT2D eigenvalue weighted by atomic mass is 10.1. The quantitative estimate of drug-likeness (QED) is 0.582. The summed E-state index contributed by atoms with van der Waals surface area (Å²) in [7, 11) is 0. The van der Waals surface area contributed by atoms with Gasteiger partial charge in [-0.3, -0.25) is 4.98 Å². The molecule has 1 aliphatic rings. The fourth-order valence-electron chi connectivity index (χ4n) is 1.47. The maximum absolute atomic E-state index is 3.98. The first-order chi connectivity index (χ1) is 5.42. The molecule has 1 heteroatoms. The van der Waals surface area contributed by atoms with Gasteiger partial charge in [0.2, 0.25) is 0 Å². The third-order valence-corrected chi connectivity index (χ3v) is 2.28. The van der Waals surface area contributed by atoms with Crippen LogP contribution in [0.2, 0.25) is 0 Å². The molecule has 0 saturated heterocycles. The van der Waals surface area contributed by atoms with E-state index >= 15 is 0 Å². The van der Waals surface area contributed by atoms with E-state index in [-0.39, 0.29) is 0 Å². The van der Waals surface area contributed by atoms with Gasteiger partial charge < -0.3 is 0 Å². The molecule has 1 nitrogen and oxygen atoms in total. The molecule has 1 fully saturated rings. The van der Waals surface area contributed by atoms with Gasteiger partial charge in [0.25, 0.3) is 0 Å². The van der Waals surface area contributed by atoms with Crippen LogP contribution in [0.3, 0.4) is 0 Å². The van der Waals surface area contributed by atoms with Gasteiger partial charge in [0.1, 0.15) is 0 Å². The Morgan fingerprint density at radius 3 is 2.73 bits per heavy atom. The van der Waals surface area contributed by atoms with Crippen LogP contribution >= 0.6 is 0 Å². The molecule has 0 aromatic carbocycles. The average Bonchev–Trinajstić information content (AvgIpc) is 2.85. The van der Waals surface area contributed by atoms with Crippen molar-refractivity contribution >= 4 is 0 Å². The summed E-state index contributed by atoms with van der Waals surface area (Å²) in [5.41, 5.74) is 1.41. The van der Waals surface area contributed by atoms with E-state index in [1.807, 2.05) is 18.5 Å². The Morgan fingerprint density at radius 2 is 2.18 bits per heavy atom. The lowest BCUT2D eigenvalue weighted by Gasteiger charge is -1.94. The Labute approximate surface area is 66.8 Å². The monoisotopic (exact) mass is 145 g/mol. The maximum Gasteiger partial charge on any atom is 0.0270 e. The van der Waals surface area contributed by atoms with Gasteiger partial charge in [-0.2, -0.15) is 0 Å². The molecule has 0 aliphatic heterocycles. The van der Waals surface area contributed by atoms with Gasteiger partial charge in [-0.05, 0) is 36.0 Å². The van der Waals surface area contributed by atoms with E-state index in [0.29, 0.717) is 0 Å². The summed E-state index contributed by atoms with van der Waals surface area (Å²) in [6.45, 7) is 3.78. The molecule has 2 unspecified atom stereocenters. The molecule has 0 amide bonds. The zero-order valence-corrected chi connectivity index (χ0v) is 6.40. The molecule has 1 saturated carbocycles. The van der Waals surface area contributed by atoms with Crippen LogP contribution in [-0.2, 0) is 0 Å².